The minimum absolute atomic E-state index is 0.0144. The minimum atomic E-state index is 0.0144. The van der Waals surface area contributed by atoms with Crippen molar-refractivity contribution in [3.05, 3.63) is 55.1 Å². The maximum Gasteiger partial charge on any atom is 0.232 e. The number of fused-ring (bicyclic) bond motifs is 9. The van der Waals surface area contributed by atoms with Crippen molar-refractivity contribution in [2.75, 3.05) is 0 Å². The second-order valence-corrected chi connectivity index (χ2v) is 10.3. The highest BCUT2D eigenvalue weighted by molar-refractivity contribution is 7.24. The molecule has 0 amide bonds. The zero-order valence-corrected chi connectivity index (χ0v) is 20.3. The standard InChI is InChI=1S/C26H20N8OS/c1-13(2)7-20(35)34-16-8-14(10-27-12-16)15-9-17-22(32-33-25(17)29-11-15)26-30-18-5-6-28-24(23(18)31-26)19-3-4-21(34)36-19/h3-6,8-13H,7H2,1-2H3,(H,30,31)(H,29,32,33). The average Bonchev–Trinajstić information content (AvgIpc) is 3.60. The lowest BCUT2D eigenvalue weighted by atomic mass is 10.1. The number of imidazole rings is 1. The molecule has 7 aromatic heterocycles. The lowest BCUT2D eigenvalue weighted by Crippen LogP contribution is -2.13. The Bertz CT molecular complexity index is 2040. The van der Waals surface area contributed by atoms with Gasteiger partial charge in [-0.05, 0) is 36.2 Å². The Hall–Kier alpha value is -4.44. The Labute approximate surface area is 207 Å². The molecule has 0 aliphatic rings. The summed E-state index contributed by atoms with van der Waals surface area (Å²) in [7, 11) is 0. The first-order valence-electron chi connectivity index (χ1n) is 11.6. The Kier molecular flexibility index (Phi) is 4.52. The van der Waals surface area contributed by atoms with Gasteiger partial charge in [-0.15, -0.1) is 11.3 Å². The summed E-state index contributed by atoms with van der Waals surface area (Å²) in [4.78, 5) is 36.3. The number of H-pyrrole nitrogens is 2. The van der Waals surface area contributed by atoms with Gasteiger partial charge in [0.15, 0.2) is 11.3 Å². The summed E-state index contributed by atoms with van der Waals surface area (Å²) in [6.45, 7) is 4.09. The van der Waals surface area contributed by atoms with Gasteiger partial charge in [-0.3, -0.25) is 24.4 Å². The molecule has 36 heavy (non-hydrogen) atoms. The van der Waals surface area contributed by atoms with Gasteiger partial charge in [-0.1, -0.05) is 13.8 Å². The monoisotopic (exact) mass is 492 g/mol. The van der Waals surface area contributed by atoms with Crippen molar-refractivity contribution >= 4 is 81.8 Å². The molecule has 0 aliphatic carbocycles. The van der Waals surface area contributed by atoms with Crippen LogP contribution in [0.3, 0.4) is 0 Å². The van der Waals surface area contributed by atoms with Crippen LogP contribution in [-0.2, 0) is 0 Å². The van der Waals surface area contributed by atoms with E-state index in [0.717, 1.165) is 42.2 Å². The summed E-state index contributed by atoms with van der Waals surface area (Å²) >= 11 is 1.51. The first kappa shape index (κ1) is 20.9. The predicted octanol–water partition coefficient (Wildman–Crippen LogP) is 5.91. The summed E-state index contributed by atoms with van der Waals surface area (Å²) < 4.78 is 2.68. The third-order valence-corrected chi connectivity index (χ3v) is 7.31. The van der Waals surface area contributed by atoms with E-state index in [9.17, 15) is 4.79 Å². The Morgan fingerprint density at radius 3 is 2.78 bits per heavy atom. The summed E-state index contributed by atoms with van der Waals surface area (Å²) in [5.74, 6) is 0.231. The van der Waals surface area contributed by atoms with Gasteiger partial charge in [0.1, 0.15) is 21.4 Å². The first-order chi connectivity index (χ1) is 17.5. The van der Waals surface area contributed by atoms with Crippen LogP contribution in [0.25, 0.3) is 64.6 Å². The van der Waals surface area contributed by atoms with Crippen LogP contribution in [-0.4, -0.2) is 45.6 Å². The molecule has 0 atom stereocenters. The minimum Gasteiger partial charge on any atom is -0.336 e. The number of rotatable bonds is 2. The zero-order chi connectivity index (χ0) is 24.4. The topological polar surface area (TPSA) is 118 Å². The van der Waals surface area contributed by atoms with Crippen LogP contribution in [0, 0.1) is 5.92 Å². The lowest BCUT2D eigenvalue weighted by molar-refractivity contribution is 0.0897. The molecule has 9 nitrogen and oxygen atoms in total. The van der Waals surface area contributed by atoms with E-state index < -0.39 is 0 Å². The third-order valence-electron chi connectivity index (χ3n) is 6.23. The summed E-state index contributed by atoms with van der Waals surface area (Å²) in [5, 5.41) is 10.1. The number of nitrogens with one attached hydrogen (secondary N) is 2. The average molecular weight is 493 g/mol. The SMILES string of the molecule is CC(C)CC(=O)n1c2cncc(c2)c2cnc3[nH]nc(c4nc5c(ccnc5c5ccc1s5)[nH]4)c3c2. The Balaban J connectivity index is 1.73. The van der Waals surface area contributed by atoms with Crippen LogP contribution in [0.4, 0.5) is 0 Å². The molecule has 0 fully saturated rings. The molecule has 8 bridgehead atoms. The van der Waals surface area contributed by atoms with E-state index in [1.165, 1.54) is 11.3 Å². The van der Waals surface area contributed by atoms with Gasteiger partial charge in [-0.2, -0.15) is 5.10 Å². The number of hydrogen-bond acceptors (Lipinski definition) is 7. The smallest absolute Gasteiger partial charge is 0.232 e. The highest BCUT2D eigenvalue weighted by Gasteiger charge is 2.14. The highest BCUT2D eigenvalue weighted by atomic mass is 32.1. The molecule has 0 aliphatic heterocycles. The van der Waals surface area contributed by atoms with E-state index in [2.05, 4.69) is 30.1 Å². The van der Waals surface area contributed by atoms with Crippen LogP contribution >= 0.6 is 11.3 Å². The van der Waals surface area contributed by atoms with Crippen molar-refractivity contribution in [2.45, 2.75) is 20.3 Å². The molecular weight excluding hydrogens is 472 g/mol. The molecule has 0 saturated carbocycles. The summed E-state index contributed by atoms with van der Waals surface area (Å²) in [6, 6.07) is 9.87. The zero-order valence-electron chi connectivity index (χ0n) is 19.5. The van der Waals surface area contributed by atoms with E-state index in [1.54, 1.807) is 29.4 Å². The number of aromatic nitrogens is 8. The van der Waals surface area contributed by atoms with Gasteiger partial charge in [0.25, 0.3) is 0 Å². The largest absolute Gasteiger partial charge is 0.336 e. The summed E-state index contributed by atoms with van der Waals surface area (Å²) in [5.41, 5.74) is 5.05. The molecule has 0 unspecified atom stereocenters. The van der Waals surface area contributed by atoms with Gasteiger partial charge in [0, 0.05) is 35.8 Å². The number of carbonyl (C=O) groups is 1. The van der Waals surface area contributed by atoms with E-state index in [1.807, 2.05) is 44.2 Å². The highest BCUT2D eigenvalue weighted by Crippen LogP contribution is 2.29. The number of pyridine rings is 3. The van der Waals surface area contributed by atoms with Crippen molar-refractivity contribution in [2.24, 2.45) is 5.92 Å². The summed E-state index contributed by atoms with van der Waals surface area (Å²) in [6.07, 6.45) is 7.48. The van der Waals surface area contributed by atoms with Crippen LogP contribution in [0.15, 0.2) is 55.1 Å². The maximum atomic E-state index is 13.5. The molecule has 2 N–H and O–H groups in total. The second-order valence-electron chi connectivity index (χ2n) is 9.23. The third kappa shape index (κ3) is 3.22. The predicted molar refractivity (Wildman–Crippen MR) is 143 cm³/mol. The van der Waals surface area contributed by atoms with Crippen LogP contribution in [0.2, 0.25) is 0 Å². The molecule has 0 spiro atoms. The van der Waals surface area contributed by atoms with Crippen molar-refractivity contribution < 1.29 is 4.79 Å². The van der Waals surface area contributed by atoms with Gasteiger partial charge >= 0.3 is 0 Å². The van der Waals surface area contributed by atoms with Crippen LogP contribution in [0.1, 0.15) is 25.1 Å². The number of hydrogen-bond donors (Lipinski definition) is 2. The van der Waals surface area contributed by atoms with Gasteiger partial charge in [0.05, 0.1) is 27.3 Å². The Morgan fingerprint density at radius 1 is 1.00 bits per heavy atom. The van der Waals surface area contributed by atoms with Gasteiger partial charge in [-0.25, -0.2) is 9.97 Å². The Morgan fingerprint density at radius 2 is 1.89 bits per heavy atom. The van der Waals surface area contributed by atoms with E-state index in [-0.39, 0.29) is 11.8 Å². The normalized spacial score (nSPS) is 12.1. The fraction of sp³-hybridized carbons (Fsp3) is 0.154. The second kappa shape index (κ2) is 7.79. The number of thiophene rings is 1. The number of aromatic amines is 2. The quantitative estimate of drug-likeness (QED) is 0.310. The van der Waals surface area contributed by atoms with Crippen molar-refractivity contribution in [3.63, 3.8) is 0 Å². The number of nitrogens with zero attached hydrogens (tertiary/aromatic N) is 6. The molecule has 7 heterocycles. The lowest BCUT2D eigenvalue weighted by Gasteiger charge is -2.09. The fourth-order valence-electron chi connectivity index (χ4n) is 4.59. The van der Waals surface area contributed by atoms with Crippen LogP contribution < -0.4 is 0 Å². The molecule has 0 saturated heterocycles. The van der Waals surface area contributed by atoms with Crippen LogP contribution in [0.5, 0.6) is 0 Å². The molecular formula is C26H20N8OS. The van der Waals surface area contributed by atoms with Crippen molar-refractivity contribution in [1.29, 1.82) is 0 Å². The van der Waals surface area contributed by atoms with E-state index in [4.69, 9.17) is 4.98 Å². The number of carbonyl (C=O) groups excluding carboxylic acids is 1. The molecule has 7 rings (SSSR count). The molecule has 0 radical (unpaired) electrons. The molecule has 176 valence electrons. The maximum absolute atomic E-state index is 13.5. The van der Waals surface area contributed by atoms with Gasteiger partial charge in [0.2, 0.25) is 5.91 Å². The molecule has 10 heteroatoms. The van der Waals surface area contributed by atoms with Crippen molar-refractivity contribution in [3.8, 4) is 0 Å². The fourth-order valence-corrected chi connectivity index (χ4v) is 5.63. The van der Waals surface area contributed by atoms with Crippen molar-refractivity contribution in [1.82, 2.24) is 39.7 Å². The first-order valence-corrected chi connectivity index (χ1v) is 12.4. The van der Waals surface area contributed by atoms with Gasteiger partial charge < -0.3 is 4.98 Å². The molecule has 0 aromatic carbocycles. The van der Waals surface area contributed by atoms with E-state index in [0.29, 0.717) is 28.7 Å². The van der Waals surface area contributed by atoms with E-state index >= 15 is 0 Å². The molecule has 7 aromatic rings.